The Bertz CT molecular complexity index is 363. The van der Waals surface area contributed by atoms with Gasteiger partial charge in [-0.25, -0.2) is 4.98 Å². The number of nitrogens with zero attached hydrogens (tertiary/aromatic N) is 1. The minimum atomic E-state index is 0.449. The van der Waals surface area contributed by atoms with E-state index in [0.29, 0.717) is 23.5 Å². The van der Waals surface area contributed by atoms with Crippen LogP contribution in [0, 0.1) is 5.41 Å². The second-order valence-corrected chi connectivity index (χ2v) is 2.82. The van der Waals surface area contributed by atoms with Crippen LogP contribution in [0.25, 0.3) is 5.57 Å². The summed E-state index contributed by atoms with van der Waals surface area (Å²) in [7, 11) is 0. The van der Waals surface area contributed by atoms with Crippen molar-refractivity contribution in [3.05, 3.63) is 23.8 Å². The van der Waals surface area contributed by atoms with E-state index in [-0.39, 0.29) is 0 Å². The summed E-state index contributed by atoms with van der Waals surface area (Å²) in [6.45, 7) is 3.53. The number of allylic oxidation sites excluding steroid dienone is 2. The molecule has 1 aromatic rings. The highest BCUT2D eigenvalue weighted by Crippen LogP contribution is 2.08. The van der Waals surface area contributed by atoms with Crippen LogP contribution >= 0.6 is 0 Å². The molecular formula is C9H11N3O. The second-order valence-electron chi connectivity index (χ2n) is 2.82. The van der Waals surface area contributed by atoms with Gasteiger partial charge in [-0.05, 0) is 25.5 Å². The fraction of sp³-hybridized carbons (Fsp3) is 0.222. The average molecular weight is 177 g/mol. The van der Waals surface area contributed by atoms with Crippen LogP contribution in [0.4, 0.5) is 0 Å². The van der Waals surface area contributed by atoms with E-state index in [4.69, 9.17) is 5.41 Å². The smallest absolute Gasteiger partial charge is 0.167 e. The van der Waals surface area contributed by atoms with Gasteiger partial charge in [0.25, 0.3) is 0 Å². The Kier molecular flexibility index (Phi) is 2.74. The molecule has 0 fully saturated rings. The lowest BCUT2D eigenvalue weighted by molar-refractivity contribution is 0.111. The van der Waals surface area contributed by atoms with Crippen molar-refractivity contribution in [1.82, 2.24) is 9.97 Å². The minimum Gasteiger partial charge on any atom is -0.336 e. The van der Waals surface area contributed by atoms with Crippen molar-refractivity contribution in [3.63, 3.8) is 0 Å². The lowest BCUT2D eigenvalue weighted by Gasteiger charge is -1.94. The molecule has 1 aromatic heterocycles. The van der Waals surface area contributed by atoms with E-state index in [0.717, 1.165) is 5.57 Å². The van der Waals surface area contributed by atoms with Gasteiger partial charge in [0.2, 0.25) is 0 Å². The lowest BCUT2D eigenvalue weighted by atomic mass is 10.2. The molecule has 0 bridgehead atoms. The molecule has 13 heavy (non-hydrogen) atoms. The molecule has 0 amide bonds. The van der Waals surface area contributed by atoms with Gasteiger partial charge >= 0.3 is 0 Å². The second kappa shape index (κ2) is 3.80. The predicted octanol–water partition coefficient (Wildman–Crippen LogP) is 1.67. The monoisotopic (exact) mass is 177 g/mol. The van der Waals surface area contributed by atoms with Gasteiger partial charge < -0.3 is 10.4 Å². The summed E-state index contributed by atoms with van der Waals surface area (Å²) in [5.41, 5.74) is 1.76. The Balaban J connectivity index is 2.95. The molecule has 2 N–H and O–H groups in total. The average Bonchev–Trinajstić information content (AvgIpc) is 2.50. The molecule has 0 unspecified atom stereocenters. The lowest BCUT2D eigenvalue weighted by Crippen LogP contribution is -1.88. The molecule has 68 valence electrons. The van der Waals surface area contributed by atoms with Crippen molar-refractivity contribution in [2.45, 2.75) is 13.8 Å². The number of carbonyl (C=O) groups is 1. The quantitative estimate of drug-likeness (QED) is 0.544. The Labute approximate surface area is 76.2 Å². The summed E-state index contributed by atoms with van der Waals surface area (Å²) in [6.07, 6.45) is 3.87. The van der Waals surface area contributed by atoms with Crippen LogP contribution < -0.4 is 0 Å². The SMILES string of the molecule is CC(=N)/C=C(/C)c1ncc(C=O)[nH]1. The molecular weight excluding hydrogens is 166 g/mol. The Hall–Kier alpha value is -1.71. The number of aldehydes is 1. The van der Waals surface area contributed by atoms with Crippen molar-refractivity contribution < 1.29 is 4.79 Å². The van der Waals surface area contributed by atoms with Crippen LogP contribution in [0.2, 0.25) is 0 Å². The molecule has 0 atom stereocenters. The predicted molar refractivity (Wildman–Crippen MR) is 51.0 cm³/mol. The highest BCUT2D eigenvalue weighted by molar-refractivity contribution is 5.96. The van der Waals surface area contributed by atoms with Gasteiger partial charge in [-0.15, -0.1) is 0 Å². The molecule has 4 nitrogen and oxygen atoms in total. The number of nitrogens with one attached hydrogen (secondary N) is 2. The van der Waals surface area contributed by atoms with Gasteiger partial charge in [-0.2, -0.15) is 0 Å². The topological polar surface area (TPSA) is 69.6 Å². The van der Waals surface area contributed by atoms with Gasteiger partial charge in [-0.1, -0.05) is 0 Å². The van der Waals surface area contributed by atoms with E-state index in [2.05, 4.69) is 9.97 Å². The number of aromatic nitrogens is 2. The minimum absolute atomic E-state index is 0.449. The third kappa shape index (κ3) is 2.37. The summed E-state index contributed by atoms with van der Waals surface area (Å²) >= 11 is 0. The number of imidazole rings is 1. The first kappa shape index (κ1) is 9.38. The van der Waals surface area contributed by atoms with E-state index in [1.54, 1.807) is 13.0 Å². The van der Waals surface area contributed by atoms with Crippen LogP contribution in [-0.4, -0.2) is 22.0 Å². The van der Waals surface area contributed by atoms with Gasteiger partial charge in [0.1, 0.15) is 5.82 Å². The molecule has 1 heterocycles. The van der Waals surface area contributed by atoms with Gasteiger partial charge in [-0.3, -0.25) is 4.79 Å². The van der Waals surface area contributed by atoms with E-state index in [9.17, 15) is 4.79 Å². The van der Waals surface area contributed by atoms with Gasteiger partial charge in [0.05, 0.1) is 11.9 Å². The van der Waals surface area contributed by atoms with Gasteiger partial charge in [0, 0.05) is 5.71 Å². The highest BCUT2D eigenvalue weighted by Gasteiger charge is 2.00. The number of rotatable bonds is 3. The number of hydrogen-bond acceptors (Lipinski definition) is 3. The maximum atomic E-state index is 10.3. The molecule has 0 aromatic carbocycles. The summed E-state index contributed by atoms with van der Waals surface area (Å²) in [6, 6.07) is 0. The third-order valence-electron chi connectivity index (χ3n) is 1.53. The van der Waals surface area contributed by atoms with Crippen molar-refractivity contribution in [3.8, 4) is 0 Å². The number of hydrogen-bond donors (Lipinski definition) is 2. The zero-order valence-corrected chi connectivity index (χ0v) is 7.59. The van der Waals surface area contributed by atoms with Crippen molar-refractivity contribution in [1.29, 1.82) is 5.41 Å². The number of carbonyl (C=O) groups excluding carboxylic acids is 1. The first-order chi connectivity index (χ1) is 6.13. The fourth-order valence-electron chi connectivity index (χ4n) is 0.989. The van der Waals surface area contributed by atoms with Crippen LogP contribution in [0.3, 0.4) is 0 Å². The number of aromatic amines is 1. The van der Waals surface area contributed by atoms with E-state index in [1.165, 1.54) is 6.20 Å². The van der Waals surface area contributed by atoms with Crippen LogP contribution in [-0.2, 0) is 0 Å². The first-order valence-electron chi connectivity index (χ1n) is 3.87. The summed E-state index contributed by atoms with van der Waals surface area (Å²) in [5, 5.41) is 7.24. The van der Waals surface area contributed by atoms with Crippen LogP contribution in [0.15, 0.2) is 12.3 Å². The van der Waals surface area contributed by atoms with E-state index in [1.807, 2.05) is 6.92 Å². The summed E-state index contributed by atoms with van der Waals surface area (Å²) in [4.78, 5) is 17.1. The Morgan fingerprint density at radius 1 is 1.62 bits per heavy atom. The first-order valence-corrected chi connectivity index (χ1v) is 3.87. The molecule has 0 aliphatic rings. The number of H-pyrrole nitrogens is 1. The van der Waals surface area contributed by atoms with Crippen LogP contribution in [0.1, 0.15) is 30.2 Å². The van der Waals surface area contributed by atoms with E-state index >= 15 is 0 Å². The maximum Gasteiger partial charge on any atom is 0.167 e. The molecule has 0 saturated carbocycles. The molecule has 0 aliphatic carbocycles. The summed E-state index contributed by atoms with van der Waals surface area (Å²) < 4.78 is 0. The highest BCUT2D eigenvalue weighted by atomic mass is 16.1. The Morgan fingerprint density at radius 3 is 2.77 bits per heavy atom. The largest absolute Gasteiger partial charge is 0.336 e. The summed E-state index contributed by atoms with van der Waals surface area (Å²) in [5.74, 6) is 0.633. The zero-order chi connectivity index (χ0) is 9.84. The zero-order valence-electron chi connectivity index (χ0n) is 7.59. The van der Waals surface area contributed by atoms with Crippen molar-refractivity contribution >= 4 is 17.6 Å². The van der Waals surface area contributed by atoms with E-state index < -0.39 is 0 Å². The Morgan fingerprint density at radius 2 is 2.31 bits per heavy atom. The molecule has 0 radical (unpaired) electrons. The van der Waals surface area contributed by atoms with Crippen LogP contribution in [0.5, 0.6) is 0 Å². The third-order valence-corrected chi connectivity index (χ3v) is 1.53. The molecule has 0 spiro atoms. The van der Waals surface area contributed by atoms with Gasteiger partial charge in [0.15, 0.2) is 6.29 Å². The standard InChI is InChI=1S/C9H11N3O/c1-6(3-7(2)10)9-11-4-8(5-13)12-9/h3-5,10H,1-2H3,(H,11,12)/b6-3-,10-7?. The molecule has 4 heteroatoms. The molecule has 0 saturated heterocycles. The van der Waals surface area contributed by atoms with Crippen molar-refractivity contribution in [2.75, 3.05) is 0 Å². The molecule has 1 rings (SSSR count). The maximum absolute atomic E-state index is 10.3. The molecule has 0 aliphatic heterocycles. The normalized spacial score (nSPS) is 11.4. The van der Waals surface area contributed by atoms with Crippen molar-refractivity contribution in [2.24, 2.45) is 0 Å². The fourth-order valence-corrected chi connectivity index (χ4v) is 0.989.